The lowest BCUT2D eigenvalue weighted by Gasteiger charge is -2.14. The number of halogens is 1. The number of fused-ring (bicyclic) bond motifs is 1. The number of benzene rings is 2. The lowest BCUT2D eigenvalue weighted by atomic mass is 10.3. The van der Waals surface area contributed by atoms with Gasteiger partial charge in [-0.05, 0) is 37.3 Å². The molecule has 9 heteroatoms. The largest absolute Gasteiger partial charge is 0.495 e. The summed E-state index contributed by atoms with van der Waals surface area (Å²) in [5.74, 6) is 0.348. The standard InChI is InChI=1S/C21H18ClN5O2S/c1-13(20(28)26-17-10-14(22)8-9-18(17)29-2)30-21-16-11-25-27(19(16)23-12-24-21)15-6-4-3-5-7-15/h3-13H,1-2H3,(H,26,28). The molecule has 0 saturated carbocycles. The molecule has 4 aromatic rings. The van der Waals surface area contributed by atoms with Crippen molar-refractivity contribution in [1.82, 2.24) is 19.7 Å². The highest BCUT2D eigenvalue weighted by atomic mass is 35.5. The molecule has 1 atom stereocenters. The maximum absolute atomic E-state index is 12.8. The van der Waals surface area contributed by atoms with E-state index in [-0.39, 0.29) is 5.91 Å². The van der Waals surface area contributed by atoms with E-state index in [9.17, 15) is 4.79 Å². The molecule has 1 N–H and O–H groups in total. The average Bonchev–Trinajstić information content (AvgIpc) is 3.20. The van der Waals surface area contributed by atoms with E-state index < -0.39 is 5.25 Å². The third-order valence-corrected chi connectivity index (χ3v) is 5.76. The van der Waals surface area contributed by atoms with E-state index >= 15 is 0 Å². The van der Waals surface area contributed by atoms with Crippen molar-refractivity contribution in [3.8, 4) is 11.4 Å². The molecule has 7 nitrogen and oxygen atoms in total. The number of carbonyl (C=O) groups is 1. The summed E-state index contributed by atoms with van der Waals surface area (Å²) < 4.78 is 7.04. The van der Waals surface area contributed by atoms with E-state index in [0.717, 1.165) is 11.1 Å². The van der Waals surface area contributed by atoms with Crippen LogP contribution in [0.1, 0.15) is 6.92 Å². The van der Waals surface area contributed by atoms with Crippen LogP contribution in [0.2, 0.25) is 5.02 Å². The first-order chi connectivity index (χ1) is 14.6. The molecule has 0 aliphatic carbocycles. The van der Waals surface area contributed by atoms with Gasteiger partial charge in [0.05, 0.1) is 35.3 Å². The Bertz CT molecular complexity index is 1200. The van der Waals surface area contributed by atoms with Crippen LogP contribution in [0.15, 0.2) is 66.1 Å². The number of nitrogens with zero attached hydrogens (tertiary/aromatic N) is 4. The number of methoxy groups -OCH3 is 1. The van der Waals surface area contributed by atoms with Gasteiger partial charge in [0.2, 0.25) is 5.91 Å². The zero-order valence-corrected chi connectivity index (χ0v) is 17.8. The predicted octanol–water partition coefficient (Wildman–Crippen LogP) is 4.60. The van der Waals surface area contributed by atoms with Crippen molar-refractivity contribution >= 4 is 46.0 Å². The van der Waals surface area contributed by atoms with E-state index in [1.165, 1.54) is 18.1 Å². The van der Waals surface area contributed by atoms with Crippen LogP contribution in [0.25, 0.3) is 16.7 Å². The number of aromatic nitrogens is 4. The predicted molar refractivity (Wildman–Crippen MR) is 119 cm³/mol. The number of amides is 1. The molecular weight excluding hydrogens is 422 g/mol. The third kappa shape index (κ3) is 4.10. The monoisotopic (exact) mass is 439 g/mol. The molecule has 0 radical (unpaired) electrons. The van der Waals surface area contributed by atoms with Crippen molar-refractivity contribution < 1.29 is 9.53 Å². The molecule has 0 bridgehead atoms. The summed E-state index contributed by atoms with van der Waals surface area (Å²) in [7, 11) is 1.54. The summed E-state index contributed by atoms with van der Waals surface area (Å²) in [5.41, 5.74) is 2.11. The molecule has 1 amide bonds. The van der Waals surface area contributed by atoms with Gasteiger partial charge in [0, 0.05) is 5.02 Å². The smallest absolute Gasteiger partial charge is 0.237 e. The minimum absolute atomic E-state index is 0.192. The Morgan fingerprint density at radius 2 is 2.00 bits per heavy atom. The zero-order valence-electron chi connectivity index (χ0n) is 16.2. The van der Waals surface area contributed by atoms with E-state index in [2.05, 4.69) is 20.4 Å². The fraction of sp³-hybridized carbons (Fsp3) is 0.143. The van der Waals surface area contributed by atoms with E-state index in [1.807, 2.05) is 37.3 Å². The normalized spacial score (nSPS) is 12.0. The minimum atomic E-state index is -0.424. The van der Waals surface area contributed by atoms with Gasteiger partial charge in [0.15, 0.2) is 5.65 Å². The number of hydrogen-bond donors (Lipinski definition) is 1. The second-order valence-corrected chi connectivity index (χ2v) is 8.17. The van der Waals surface area contributed by atoms with Gasteiger partial charge in [-0.15, -0.1) is 0 Å². The lowest BCUT2D eigenvalue weighted by Crippen LogP contribution is -2.22. The second-order valence-electron chi connectivity index (χ2n) is 6.40. The maximum Gasteiger partial charge on any atom is 0.237 e. The van der Waals surface area contributed by atoms with Gasteiger partial charge in [-0.25, -0.2) is 14.6 Å². The molecule has 1 unspecified atom stereocenters. The molecule has 2 aromatic heterocycles. The number of thioether (sulfide) groups is 1. The van der Waals surface area contributed by atoms with Crippen molar-refractivity contribution in [2.24, 2.45) is 0 Å². The molecule has 0 spiro atoms. The van der Waals surface area contributed by atoms with Crippen LogP contribution in [0.4, 0.5) is 5.69 Å². The summed E-state index contributed by atoms with van der Waals surface area (Å²) in [5, 5.41) is 8.87. The highest BCUT2D eigenvalue weighted by Gasteiger charge is 2.20. The van der Waals surface area contributed by atoms with Crippen molar-refractivity contribution in [1.29, 1.82) is 0 Å². The van der Waals surface area contributed by atoms with Crippen LogP contribution in [-0.2, 0) is 4.79 Å². The molecule has 0 aliphatic rings. The highest BCUT2D eigenvalue weighted by Crippen LogP contribution is 2.31. The lowest BCUT2D eigenvalue weighted by molar-refractivity contribution is -0.115. The van der Waals surface area contributed by atoms with Crippen LogP contribution in [-0.4, -0.2) is 38.0 Å². The number of hydrogen-bond acceptors (Lipinski definition) is 6. The highest BCUT2D eigenvalue weighted by molar-refractivity contribution is 8.00. The van der Waals surface area contributed by atoms with Gasteiger partial charge < -0.3 is 10.1 Å². The number of rotatable bonds is 6. The van der Waals surface area contributed by atoms with Gasteiger partial charge in [-0.2, -0.15) is 5.10 Å². The molecule has 152 valence electrons. The van der Waals surface area contributed by atoms with Crippen molar-refractivity contribution in [2.75, 3.05) is 12.4 Å². The second kappa shape index (κ2) is 8.73. The number of para-hydroxylation sites is 1. The van der Waals surface area contributed by atoms with Crippen molar-refractivity contribution in [3.05, 3.63) is 66.1 Å². The van der Waals surface area contributed by atoms with E-state index in [1.54, 1.807) is 36.2 Å². The quantitative estimate of drug-likeness (QED) is 0.349. The molecule has 0 fully saturated rings. The molecule has 4 rings (SSSR count). The number of ether oxygens (including phenoxy) is 1. The fourth-order valence-corrected chi connectivity index (χ4v) is 3.96. The van der Waals surface area contributed by atoms with Crippen molar-refractivity contribution in [2.45, 2.75) is 17.2 Å². The summed E-state index contributed by atoms with van der Waals surface area (Å²) in [6, 6.07) is 14.8. The Balaban J connectivity index is 1.56. The first-order valence-corrected chi connectivity index (χ1v) is 10.4. The molecule has 2 heterocycles. The topological polar surface area (TPSA) is 81.9 Å². The van der Waals surface area contributed by atoms with Gasteiger partial charge in [0.25, 0.3) is 0 Å². The third-order valence-electron chi connectivity index (χ3n) is 4.41. The Labute approximate surface area is 182 Å². The van der Waals surface area contributed by atoms with Crippen molar-refractivity contribution in [3.63, 3.8) is 0 Å². The van der Waals surface area contributed by atoms with E-state index in [0.29, 0.717) is 27.1 Å². The Morgan fingerprint density at radius 1 is 1.20 bits per heavy atom. The zero-order chi connectivity index (χ0) is 21.1. The maximum atomic E-state index is 12.8. The Hall–Kier alpha value is -3.10. The molecule has 2 aromatic carbocycles. The first kappa shape index (κ1) is 20.2. The molecular formula is C21H18ClN5O2S. The molecule has 0 aliphatic heterocycles. The average molecular weight is 440 g/mol. The van der Waals surface area contributed by atoms with Gasteiger partial charge in [-0.1, -0.05) is 41.6 Å². The minimum Gasteiger partial charge on any atom is -0.495 e. The number of anilines is 1. The molecule has 0 saturated heterocycles. The summed E-state index contributed by atoms with van der Waals surface area (Å²) in [6.07, 6.45) is 3.20. The van der Waals surface area contributed by atoms with Crippen LogP contribution >= 0.6 is 23.4 Å². The van der Waals surface area contributed by atoms with Crippen LogP contribution < -0.4 is 10.1 Å². The van der Waals surface area contributed by atoms with Gasteiger partial charge in [-0.3, -0.25) is 4.79 Å². The summed E-state index contributed by atoms with van der Waals surface area (Å²) in [6.45, 7) is 1.81. The van der Waals surface area contributed by atoms with Crippen LogP contribution in [0.3, 0.4) is 0 Å². The Morgan fingerprint density at radius 3 is 2.77 bits per heavy atom. The van der Waals surface area contributed by atoms with Crippen LogP contribution in [0, 0.1) is 0 Å². The summed E-state index contributed by atoms with van der Waals surface area (Å²) >= 11 is 7.38. The SMILES string of the molecule is COc1ccc(Cl)cc1NC(=O)C(C)Sc1ncnc2c1cnn2-c1ccccc1. The molecule has 30 heavy (non-hydrogen) atoms. The van der Waals surface area contributed by atoms with Gasteiger partial charge >= 0.3 is 0 Å². The van der Waals surface area contributed by atoms with Gasteiger partial charge in [0.1, 0.15) is 17.1 Å². The van der Waals surface area contributed by atoms with E-state index in [4.69, 9.17) is 16.3 Å². The Kier molecular flexibility index (Phi) is 5.87. The fourth-order valence-electron chi connectivity index (χ4n) is 2.91. The first-order valence-electron chi connectivity index (χ1n) is 9.12. The number of nitrogens with one attached hydrogen (secondary N) is 1. The number of carbonyl (C=O) groups excluding carboxylic acids is 1. The van der Waals surface area contributed by atoms with Crippen LogP contribution in [0.5, 0.6) is 5.75 Å². The summed E-state index contributed by atoms with van der Waals surface area (Å²) in [4.78, 5) is 21.5.